The molecule has 0 bridgehead atoms. The summed E-state index contributed by atoms with van der Waals surface area (Å²) in [5.41, 5.74) is 0.829. The van der Waals surface area contributed by atoms with E-state index in [1.165, 1.54) is 6.92 Å². The van der Waals surface area contributed by atoms with Gasteiger partial charge in [0.25, 0.3) is 0 Å². The molecule has 3 amide bonds. The number of amides is 3. The Hall–Kier alpha value is -2.32. The molecule has 9 heteroatoms. The number of alkyl halides is 1. The Morgan fingerprint density at radius 2 is 1.78 bits per heavy atom. The number of hydrogen-bond donors (Lipinski definition) is 3. The largest absolute Gasteiger partial charge is 0.508 e. The number of nitrogens with one attached hydrogen (secondary N) is 2. The first kappa shape index (κ1) is 21.0. The molecule has 27 heavy (non-hydrogen) atoms. The molecule has 1 aliphatic heterocycles. The summed E-state index contributed by atoms with van der Waals surface area (Å²) in [4.78, 5) is 39.3. The van der Waals surface area contributed by atoms with E-state index in [9.17, 15) is 19.5 Å². The van der Waals surface area contributed by atoms with Crippen molar-refractivity contribution in [1.82, 2.24) is 20.4 Å². The van der Waals surface area contributed by atoms with Crippen LogP contribution in [0.4, 0.5) is 0 Å². The number of halogens is 1. The summed E-state index contributed by atoms with van der Waals surface area (Å²) in [6.07, 6.45) is 0.323. The molecule has 1 fully saturated rings. The molecule has 1 heterocycles. The van der Waals surface area contributed by atoms with Crippen molar-refractivity contribution in [2.75, 3.05) is 38.7 Å². The number of nitrogens with zero attached hydrogens (tertiary/aromatic N) is 2. The Bertz CT molecular complexity index is 660. The number of rotatable bonds is 7. The lowest BCUT2D eigenvalue weighted by Gasteiger charge is -2.34. The number of aromatic hydroxyl groups is 1. The first-order valence-corrected chi connectivity index (χ1v) is 9.31. The average Bonchev–Trinajstić information content (AvgIpc) is 2.66. The third-order valence-corrected chi connectivity index (χ3v) is 4.61. The molecule has 0 spiro atoms. The number of benzene rings is 1. The van der Waals surface area contributed by atoms with Gasteiger partial charge in [0.05, 0.1) is 6.67 Å². The number of hydrogen-bond acceptors (Lipinski definition) is 5. The lowest BCUT2D eigenvalue weighted by molar-refractivity contribution is -0.131. The molecular weight excluding hydrogens is 372 g/mol. The predicted molar refractivity (Wildman–Crippen MR) is 101 cm³/mol. The summed E-state index contributed by atoms with van der Waals surface area (Å²) < 4.78 is 0. The fraction of sp³-hybridized carbons (Fsp3) is 0.500. The number of carbonyl (C=O) groups excluding carboxylic acids is 3. The van der Waals surface area contributed by atoms with E-state index in [1.807, 2.05) is 4.90 Å². The van der Waals surface area contributed by atoms with E-state index in [1.54, 1.807) is 29.2 Å². The maximum Gasteiger partial charge on any atom is 0.243 e. The van der Waals surface area contributed by atoms with E-state index in [4.69, 9.17) is 11.6 Å². The number of phenolic OH excluding ortho intramolecular Hbond substituents is 1. The molecule has 1 aromatic rings. The van der Waals surface area contributed by atoms with Crippen LogP contribution in [-0.2, 0) is 20.8 Å². The molecule has 1 atom stereocenters. The summed E-state index contributed by atoms with van der Waals surface area (Å²) in [7, 11) is 0. The van der Waals surface area contributed by atoms with Gasteiger partial charge in [-0.05, 0) is 17.7 Å². The second kappa shape index (κ2) is 10.1. The minimum Gasteiger partial charge on any atom is -0.508 e. The standard InChI is InChI=1S/C18H25ClN4O4/c1-13(24)21-16(10-14-2-4-15(25)5-3-14)18(27)20-12-22-6-8-23(9-7-22)17(26)11-19/h2-5,16,25H,6-12H2,1H3,(H,20,27)(H,21,24)/t16-/m0/s1. The Morgan fingerprint density at radius 1 is 1.15 bits per heavy atom. The first-order valence-electron chi connectivity index (χ1n) is 8.78. The van der Waals surface area contributed by atoms with Crippen LogP contribution < -0.4 is 10.6 Å². The zero-order valence-corrected chi connectivity index (χ0v) is 16.0. The minimum atomic E-state index is -0.703. The normalized spacial score (nSPS) is 15.9. The van der Waals surface area contributed by atoms with Gasteiger partial charge in [0.2, 0.25) is 17.7 Å². The summed E-state index contributed by atoms with van der Waals surface area (Å²) in [5.74, 6) is -0.530. The van der Waals surface area contributed by atoms with E-state index in [0.29, 0.717) is 39.3 Å². The fourth-order valence-corrected chi connectivity index (χ4v) is 3.04. The van der Waals surface area contributed by atoms with E-state index in [0.717, 1.165) is 5.56 Å². The Morgan fingerprint density at radius 3 is 2.33 bits per heavy atom. The molecule has 2 rings (SSSR count). The third-order valence-electron chi connectivity index (χ3n) is 4.39. The summed E-state index contributed by atoms with van der Waals surface area (Å²) in [6.45, 7) is 4.14. The molecule has 0 unspecified atom stereocenters. The molecule has 0 aromatic heterocycles. The molecule has 148 valence electrons. The van der Waals surface area contributed by atoms with Crippen LogP contribution in [0.5, 0.6) is 5.75 Å². The first-order chi connectivity index (χ1) is 12.9. The van der Waals surface area contributed by atoms with Gasteiger partial charge in [0.15, 0.2) is 0 Å². The zero-order chi connectivity index (χ0) is 19.8. The molecular formula is C18H25ClN4O4. The highest BCUT2D eigenvalue weighted by Gasteiger charge is 2.23. The molecule has 8 nitrogen and oxygen atoms in total. The molecule has 3 N–H and O–H groups in total. The number of phenols is 1. The summed E-state index contributed by atoms with van der Waals surface area (Å²) in [5, 5.41) is 14.9. The lowest BCUT2D eigenvalue weighted by atomic mass is 10.0. The maximum atomic E-state index is 12.5. The van der Waals surface area contributed by atoms with Crippen LogP contribution in [-0.4, -0.2) is 77.4 Å². The van der Waals surface area contributed by atoms with Gasteiger partial charge in [0.1, 0.15) is 17.7 Å². The smallest absolute Gasteiger partial charge is 0.243 e. The van der Waals surface area contributed by atoms with Crippen molar-refractivity contribution >= 4 is 29.3 Å². The van der Waals surface area contributed by atoms with Crippen molar-refractivity contribution in [3.05, 3.63) is 29.8 Å². The number of piperazine rings is 1. The zero-order valence-electron chi connectivity index (χ0n) is 15.3. The third kappa shape index (κ3) is 6.73. The van der Waals surface area contributed by atoms with Gasteiger partial charge in [-0.3, -0.25) is 19.3 Å². The van der Waals surface area contributed by atoms with Crippen LogP contribution in [0.1, 0.15) is 12.5 Å². The summed E-state index contributed by atoms with van der Waals surface area (Å²) in [6, 6.07) is 5.81. The van der Waals surface area contributed by atoms with Crippen LogP contribution in [0.15, 0.2) is 24.3 Å². The molecule has 0 saturated carbocycles. The highest BCUT2D eigenvalue weighted by Crippen LogP contribution is 2.11. The lowest BCUT2D eigenvalue weighted by Crippen LogP contribution is -2.54. The van der Waals surface area contributed by atoms with Gasteiger partial charge in [-0.2, -0.15) is 0 Å². The van der Waals surface area contributed by atoms with E-state index >= 15 is 0 Å². The van der Waals surface area contributed by atoms with Crippen molar-refractivity contribution in [2.24, 2.45) is 0 Å². The Balaban J connectivity index is 1.85. The van der Waals surface area contributed by atoms with E-state index in [2.05, 4.69) is 10.6 Å². The van der Waals surface area contributed by atoms with Gasteiger partial charge in [-0.1, -0.05) is 12.1 Å². The van der Waals surface area contributed by atoms with Crippen molar-refractivity contribution < 1.29 is 19.5 Å². The van der Waals surface area contributed by atoms with Crippen LogP contribution in [0, 0.1) is 0 Å². The molecule has 0 aliphatic carbocycles. The van der Waals surface area contributed by atoms with Gasteiger partial charge in [0, 0.05) is 39.5 Å². The second-order valence-electron chi connectivity index (χ2n) is 6.46. The quantitative estimate of drug-likeness (QED) is 0.558. The maximum absolute atomic E-state index is 12.5. The fourth-order valence-electron chi connectivity index (χ4n) is 2.88. The van der Waals surface area contributed by atoms with Gasteiger partial charge in [-0.25, -0.2) is 0 Å². The van der Waals surface area contributed by atoms with E-state index < -0.39 is 6.04 Å². The SMILES string of the molecule is CC(=O)N[C@@H](Cc1ccc(O)cc1)C(=O)NCN1CCN(C(=O)CCl)CC1. The van der Waals surface area contributed by atoms with E-state index in [-0.39, 0.29) is 29.4 Å². The van der Waals surface area contributed by atoms with Crippen molar-refractivity contribution in [3.63, 3.8) is 0 Å². The molecule has 1 aromatic carbocycles. The van der Waals surface area contributed by atoms with Gasteiger partial charge >= 0.3 is 0 Å². The Kier molecular flexibility index (Phi) is 7.87. The van der Waals surface area contributed by atoms with Gasteiger partial charge < -0.3 is 20.6 Å². The van der Waals surface area contributed by atoms with Crippen LogP contribution in [0.3, 0.4) is 0 Å². The second-order valence-corrected chi connectivity index (χ2v) is 6.72. The van der Waals surface area contributed by atoms with Crippen molar-refractivity contribution in [2.45, 2.75) is 19.4 Å². The highest BCUT2D eigenvalue weighted by atomic mass is 35.5. The number of carbonyl (C=O) groups is 3. The van der Waals surface area contributed by atoms with Crippen LogP contribution in [0.25, 0.3) is 0 Å². The molecule has 1 saturated heterocycles. The topological polar surface area (TPSA) is 102 Å². The average molecular weight is 397 g/mol. The molecule has 0 radical (unpaired) electrons. The van der Waals surface area contributed by atoms with Crippen LogP contribution in [0.2, 0.25) is 0 Å². The summed E-state index contributed by atoms with van der Waals surface area (Å²) >= 11 is 5.57. The van der Waals surface area contributed by atoms with Gasteiger partial charge in [-0.15, -0.1) is 11.6 Å². The monoisotopic (exact) mass is 396 g/mol. The van der Waals surface area contributed by atoms with Crippen LogP contribution >= 0.6 is 11.6 Å². The molecule has 1 aliphatic rings. The predicted octanol–water partition coefficient (Wildman–Crippen LogP) is -0.104. The van der Waals surface area contributed by atoms with Crippen molar-refractivity contribution in [1.29, 1.82) is 0 Å². The Labute approximate surface area is 163 Å². The van der Waals surface area contributed by atoms with Crippen molar-refractivity contribution in [3.8, 4) is 5.75 Å². The highest BCUT2D eigenvalue weighted by molar-refractivity contribution is 6.27. The minimum absolute atomic E-state index is 0.0214.